The molecule has 2 atom stereocenters. The van der Waals surface area contributed by atoms with Crippen LogP contribution in [0.2, 0.25) is 0 Å². The van der Waals surface area contributed by atoms with Crippen LogP contribution in [0.15, 0.2) is 24.3 Å². The zero-order valence-corrected chi connectivity index (χ0v) is 8.38. The number of nitrogens with one attached hydrogen (secondary N) is 1. The van der Waals surface area contributed by atoms with Gasteiger partial charge in [-0.05, 0) is 29.9 Å². The van der Waals surface area contributed by atoms with Crippen LogP contribution in [0.5, 0.6) is 0 Å². The first kappa shape index (κ1) is 8.61. The smallest absolute Gasteiger partial charge is 0.0375 e. The van der Waals surface area contributed by atoms with Crippen molar-refractivity contribution in [3.8, 4) is 0 Å². The van der Waals surface area contributed by atoms with Gasteiger partial charge in [-0.2, -0.15) is 0 Å². The van der Waals surface area contributed by atoms with Crippen LogP contribution in [-0.2, 0) is 0 Å². The highest BCUT2D eigenvalue weighted by Gasteiger charge is 2.23. The Labute approximate surface area is 80.2 Å². The molecule has 70 valence electrons. The van der Waals surface area contributed by atoms with Gasteiger partial charge in [0, 0.05) is 12.2 Å². The molecule has 2 rings (SSSR count). The first-order valence-electron chi connectivity index (χ1n) is 5.15. The minimum absolute atomic E-state index is 0.748. The van der Waals surface area contributed by atoms with Crippen molar-refractivity contribution in [3.05, 3.63) is 29.8 Å². The van der Waals surface area contributed by atoms with Crippen LogP contribution in [0.4, 0.5) is 5.69 Å². The largest absolute Gasteiger partial charge is 0.385 e. The van der Waals surface area contributed by atoms with Gasteiger partial charge >= 0.3 is 0 Å². The molecule has 1 heterocycles. The maximum Gasteiger partial charge on any atom is 0.0375 e. The highest BCUT2D eigenvalue weighted by atomic mass is 14.9. The summed E-state index contributed by atoms with van der Waals surface area (Å²) in [6, 6.07) is 8.69. The number of anilines is 1. The van der Waals surface area contributed by atoms with E-state index < -0.39 is 0 Å². The van der Waals surface area contributed by atoms with Crippen LogP contribution in [0.25, 0.3) is 0 Å². The third kappa shape index (κ3) is 1.43. The molecule has 0 spiro atoms. The highest BCUT2D eigenvalue weighted by Crippen LogP contribution is 2.36. The molecule has 1 aromatic carbocycles. The highest BCUT2D eigenvalue weighted by molar-refractivity contribution is 5.55. The maximum absolute atomic E-state index is 3.48. The normalized spacial score (nSPS) is 26.3. The zero-order chi connectivity index (χ0) is 9.26. The van der Waals surface area contributed by atoms with E-state index in [1.807, 2.05) is 0 Å². The SMILES string of the molecule is CCC1c2ccccc2NCC1C. The van der Waals surface area contributed by atoms with Crippen LogP contribution in [-0.4, -0.2) is 6.54 Å². The van der Waals surface area contributed by atoms with Crippen molar-refractivity contribution in [2.45, 2.75) is 26.2 Å². The van der Waals surface area contributed by atoms with E-state index in [0.29, 0.717) is 0 Å². The molecule has 1 nitrogen and oxygen atoms in total. The summed E-state index contributed by atoms with van der Waals surface area (Å²) in [6.45, 7) is 5.73. The van der Waals surface area contributed by atoms with Crippen molar-refractivity contribution in [2.24, 2.45) is 5.92 Å². The second-order valence-electron chi connectivity index (χ2n) is 3.96. The number of fused-ring (bicyclic) bond motifs is 1. The average Bonchev–Trinajstić information content (AvgIpc) is 2.18. The van der Waals surface area contributed by atoms with E-state index in [0.717, 1.165) is 18.4 Å². The predicted molar refractivity (Wildman–Crippen MR) is 57.1 cm³/mol. The van der Waals surface area contributed by atoms with E-state index in [1.165, 1.54) is 17.7 Å². The molecule has 0 amide bonds. The fourth-order valence-electron chi connectivity index (χ4n) is 2.32. The van der Waals surface area contributed by atoms with E-state index in [4.69, 9.17) is 0 Å². The second-order valence-corrected chi connectivity index (χ2v) is 3.96. The van der Waals surface area contributed by atoms with Gasteiger partial charge in [-0.25, -0.2) is 0 Å². The quantitative estimate of drug-likeness (QED) is 0.691. The van der Waals surface area contributed by atoms with Gasteiger partial charge in [-0.1, -0.05) is 32.0 Å². The van der Waals surface area contributed by atoms with Crippen molar-refractivity contribution < 1.29 is 0 Å². The summed E-state index contributed by atoms with van der Waals surface area (Å²) in [7, 11) is 0. The minimum Gasteiger partial charge on any atom is -0.385 e. The van der Waals surface area contributed by atoms with Gasteiger partial charge in [0.05, 0.1) is 0 Å². The topological polar surface area (TPSA) is 12.0 Å². The lowest BCUT2D eigenvalue weighted by atomic mass is 9.81. The zero-order valence-electron chi connectivity index (χ0n) is 8.38. The number of para-hydroxylation sites is 1. The molecule has 1 N–H and O–H groups in total. The summed E-state index contributed by atoms with van der Waals surface area (Å²) in [6.07, 6.45) is 1.25. The van der Waals surface area contributed by atoms with E-state index in [9.17, 15) is 0 Å². The molecule has 0 bridgehead atoms. The van der Waals surface area contributed by atoms with Crippen molar-refractivity contribution in [1.29, 1.82) is 0 Å². The molecule has 2 unspecified atom stereocenters. The first-order valence-corrected chi connectivity index (χ1v) is 5.15. The van der Waals surface area contributed by atoms with Crippen molar-refractivity contribution in [1.82, 2.24) is 0 Å². The van der Waals surface area contributed by atoms with Gasteiger partial charge in [-0.15, -0.1) is 0 Å². The molecule has 13 heavy (non-hydrogen) atoms. The molecule has 0 radical (unpaired) electrons. The van der Waals surface area contributed by atoms with Crippen LogP contribution < -0.4 is 5.32 Å². The van der Waals surface area contributed by atoms with E-state index in [-0.39, 0.29) is 0 Å². The lowest BCUT2D eigenvalue weighted by molar-refractivity contribution is 0.454. The number of benzene rings is 1. The van der Waals surface area contributed by atoms with Crippen LogP contribution in [0.3, 0.4) is 0 Å². The predicted octanol–water partition coefficient (Wildman–Crippen LogP) is 3.24. The van der Waals surface area contributed by atoms with Gasteiger partial charge in [0.25, 0.3) is 0 Å². The van der Waals surface area contributed by atoms with Gasteiger partial charge < -0.3 is 5.32 Å². The molecule has 1 aromatic rings. The second kappa shape index (κ2) is 3.41. The minimum atomic E-state index is 0.748. The summed E-state index contributed by atoms with van der Waals surface area (Å²) in [4.78, 5) is 0. The Morgan fingerprint density at radius 1 is 1.38 bits per heavy atom. The molecule has 1 aliphatic rings. The van der Waals surface area contributed by atoms with Crippen LogP contribution in [0, 0.1) is 5.92 Å². The number of rotatable bonds is 1. The summed E-state index contributed by atoms with van der Waals surface area (Å²) < 4.78 is 0. The van der Waals surface area contributed by atoms with E-state index >= 15 is 0 Å². The molecular formula is C12H17N. The van der Waals surface area contributed by atoms with Gasteiger partial charge in [0.15, 0.2) is 0 Å². The van der Waals surface area contributed by atoms with Crippen molar-refractivity contribution in [2.75, 3.05) is 11.9 Å². The third-order valence-electron chi connectivity index (χ3n) is 3.10. The third-order valence-corrected chi connectivity index (χ3v) is 3.10. The van der Waals surface area contributed by atoms with Crippen molar-refractivity contribution >= 4 is 5.69 Å². The molecule has 1 heteroatoms. The first-order chi connectivity index (χ1) is 6.33. The number of hydrogen-bond donors (Lipinski definition) is 1. The van der Waals surface area contributed by atoms with Gasteiger partial charge in [-0.3, -0.25) is 0 Å². The summed E-state index contributed by atoms with van der Waals surface area (Å²) >= 11 is 0. The van der Waals surface area contributed by atoms with Crippen LogP contribution in [0.1, 0.15) is 31.7 Å². The Bertz CT molecular complexity index is 293. The molecule has 1 aliphatic heterocycles. The molecule has 0 fully saturated rings. The van der Waals surface area contributed by atoms with Crippen LogP contribution >= 0.6 is 0 Å². The lowest BCUT2D eigenvalue weighted by Gasteiger charge is -2.31. The summed E-state index contributed by atoms with van der Waals surface area (Å²) in [5.74, 6) is 1.51. The van der Waals surface area contributed by atoms with E-state index in [2.05, 4.69) is 43.4 Å². The Balaban J connectivity index is 2.39. The average molecular weight is 175 g/mol. The Morgan fingerprint density at radius 3 is 2.92 bits per heavy atom. The van der Waals surface area contributed by atoms with Gasteiger partial charge in [0.2, 0.25) is 0 Å². The molecule has 0 aliphatic carbocycles. The Kier molecular flexibility index (Phi) is 2.26. The monoisotopic (exact) mass is 175 g/mol. The molecule has 0 saturated carbocycles. The standard InChI is InChI=1S/C12H17N/c1-3-10-9(2)8-13-12-7-5-4-6-11(10)12/h4-7,9-10,13H,3,8H2,1-2H3. The number of hydrogen-bond acceptors (Lipinski definition) is 1. The summed E-state index contributed by atoms with van der Waals surface area (Å²) in [5.41, 5.74) is 2.84. The fraction of sp³-hybridized carbons (Fsp3) is 0.500. The molecular weight excluding hydrogens is 158 g/mol. The van der Waals surface area contributed by atoms with E-state index in [1.54, 1.807) is 0 Å². The van der Waals surface area contributed by atoms with Crippen molar-refractivity contribution in [3.63, 3.8) is 0 Å². The fourth-order valence-corrected chi connectivity index (χ4v) is 2.32. The summed E-state index contributed by atoms with van der Waals surface area (Å²) in [5, 5.41) is 3.48. The van der Waals surface area contributed by atoms with Gasteiger partial charge in [0.1, 0.15) is 0 Å². The Hall–Kier alpha value is -0.980. The molecule has 0 aromatic heterocycles. The maximum atomic E-state index is 3.48. The Morgan fingerprint density at radius 2 is 2.15 bits per heavy atom. The molecule has 0 saturated heterocycles. The lowest BCUT2D eigenvalue weighted by Crippen LogP contribution is -2.25.